The van der Waals surface area contributed by atoms with Gasteiger partial charge in [0.05, 0.1) is 10.0 Å². The molecular weight excluding hydrogens is 376 g/mol. The lowest BCUT2D eigenvalue weighted by molar-refractivity contribution is -0.115. The van der Waals surface area contributed by atoms with Gasteiger partial charge in [0.2, 0.25) is 0 Å². The lowest BCUT2D eigenvalue weighted by atomic mass is 10.1. The third-order valence-corrected chi connectivity index (χ3v) is 4.04. The molecule has 2 nitrogen and oxygen atoms in total. The van der Waals surface area contributed by atoms with Gasteiger partial charge in [0.25, 0.3) is 5.91 Å². The van der Waals surface area contributed by atoms with Crippen LogP contribution in [0.1, 0.15) is 11.1 Å². The van der Waals surface area contributed by atoms with E-state index in [9.17, 15) is 4.79 Å². The second-order valence-corrected chi connectivity index (χ2v) is 6.35. The Morgan fingerprint density at radius 1 is 0.957 bits per heavy atom. The van der Waals surface area contributed by atoms with Crippen LogP contribution in [0.25, 0.3) is 0 Å². The summed E-state index contributed by atoms with van der Waals surface area (Å²) in [6.07, 6.45) is 0.632. The molecule has 2 aromatic carbocycles. The minimum absolute atomic E-state index is 0.374. The predicted molar refractivity (Wildman–Crippen MR) is 96.5 cm³/mol. The van der Waals surface area contributed by atoms with Crippen molar-refractivity contribution < 1.29 is 4.79 Å². The van der Waals surface area contributed by atoms with Gasteiger partial charge < -0.3 is 5.32 Å². The summed E-state index contributed by atoms with van der Waals surface area (Å²) in [5, 5.41) is 4.66. The van der Waals surface area contributed by atoms with Gasteiger partial charge in [-0.2, -0.15) is 0 Å². The number of nitrogens with one attached hydrogen (secondary N) is 1. The molecule has 2 aromatic rings. The molecule has 0 aliphatic carbocycles. The highest BCUT2D eigenvalue weighted by Crippen LogP contribution is 2.22. The van der Waals surface area contributed by atoms with E-state index in [0.29, 0.717) is 38.6 Å². The van der Waals surface area contributed by atoms with E-state index in [1.165, 1.54) is 0 Å². The number of halogens is 4. The van der Waals surface area contributed by atoms with E-state index in [-0.39, 0.29) is 5.91 Å². The monoisotopic (exact) mass is 385 g/mol. The zero-order chi connectivity index (χ0) is 16.8. The van der Waals surface area contributed by atoms with Crippen LogP contribution in [-0.4, -0.2) is 12.5 Å². The van der Waals surface area contributed by atoms with Crippen LogP contribution in [0, 0.1) is 11.8 Å². The molecule has 1 N–H and O–H groups in total. The molecule has 2 rings (SSSR count). The van der Waals surface area contributed by atoms with Crippen LogP contribution in [0.5, 0.6) is 0 Å². The van der Waals surface area contributed by atoms with Gasteiger partial charge in [-0.3, -0.25) is 4.79 Å². The minimum atomic E-state index is -0.374. The topological polar surface area (TPSA) is 29.1 Å². The quantitative estimate of drug-likeness (QED) is 0.738. The van der Waals surface area contributed by atoms with Crippen LogP contribution in [-0.2, 0) is 11.2 Å². The van der Waals surface area contributed by atoms with Crippen LogP contribution in [0.15, 0.2) is 36.4 Å². The van der Waals surface area contributed by atoms with Crippen LogP contribution < -0.4 is 5.32 Å². The van der Waals surface area contributed by atoms with Crippen molar-refractivity contribution in [2.45, 2.75) is 6.42 Å². The summed E-state index contributed by atoms with van der Waals surface area (Å²) >= 11 is 23.5. The molecule has 23 heavy (non-hydrogen) atoms. The normalized spacial score (nSPS) is 9.91. The maximum atomic E-state index is 11.7. The summed E-state index contributed by atoms with van der Waals surface area (Å²) in [5.74, 6) is 4.84. The van der Waals surface area contributed by atoms with Crippen molar-refractivity contribution in [3.8, 4) is 11.8 Å². The minimum Gasteiger partial charge on any atom is -0.345 e. The maximum absolute atomic E-state index is 11.7. The lowest BCUT2D eigenvalue weighted by Crippen LogP contribution is -2.24. The number of benzene rings is 2. The fraction of sp³-hybridized carbons (Fsp3) is 0.118. The average Bonchev–Trinajstić information content (AvgIpc) is 2.48. The highest BCUT2D eigenvalue weighted by molar-refractivity contribution is 6.42. The number of carbonyl (C=O) groups excluding carboxylic acids is 1. The van der Waals surface area contributed by atoms with Crippen LogP contribution in [0.3, 0.4) is 0 Å². The van der Waals surface area contributed by atoms with Crippen molar-refractivity contribution in [2.75, 3.05) is 6.54 Å². The van der Waals surface area contributed by atoms with Crippen LogP contribution in [0.2, 0.25) is 20.1 Å². The molecule has 0 heterocycles. The first-order chi connectivity index (χ1) is 10.9. The van der Waals surface area contributed by atoms with Crippen molar-refractivity contribution in [3.05, 3.63) is 67.6 Å². The Bertz CT molecular complexity index is 773. The van der Waals surface area contributed by atoms with E-state index >= 15 is 0 Å². The molecule has 0 saturated carbocycles. The Kier molecular flexibility index (Phi) is 6.62. The van der Waals surface area contributed by atoms with E-state index in [1.54, 1.807) is 30.3 Å². The van der Waals surface area contributed by atoms with Gasteiger partial charge >= 0.3 is 0 Å². The molecule has 0 atom stereocenters. The molecule has 0 radical (unpaired) electrons. The van der Waals surface area contributed by atoms with E-state index in [4.69, 9.17) is 46.4 Å². The summed E-state index contributed by atoms with van der Waals surface area (Å²) in [5.41, 5.74) is 1.57. The van der Waals surface area contributed by atoms with E-state index in [1.807, 2.05) is 6.07 Å². The third kappa shape index (κ3) is 5.97. The summed E-state index contributed by atoms with van der Waals surface area (Å²) in [4.78, 5) is 11.7. The van der Waals surface area contributed by atoms with Gasteiger partial charge in [0.15, 0.2) is 0 Å². The first kappa shape index (κ1) is 18.0. The van der Waals surface area contributed by atoms with Gasteiger partial charge in [0, 0.05) is 28.1 Å². The fourth-order valence-corrected chi connectivity index (χ4v) is 2.66. The molecule has 0 bridgehead atoms. The Morgan fingerprint density at radius 3 is 2.30 bits per heavy atom. The van der Waals surface area contributed by atoms with Crippen molar-refractivity contribution in [1.29, 1.82) is 0 Å². The van der Waals surface area contributed by atoms with Gasteiger partial charge in [0.1, 0.15) is 0 Å². The summed E-state index contributed by atoms with van der Waals surface area (Å²) in [7, 11) is 0. The molecule has 118 valence electrons. The van der Waals surface area contributed by atoms with Crippen molar-refractivity contribution in [3.63, 3.8) is 0 Å². The molecule has 0 fully saturated rings. The van der Waals surface area contributed by atoms with Crippen LogP contribution in [0.4, 0.5) is 0 Å². The van der Waals surface area contributed by atoms with Gasteiger partial charge in [-0.1, -0.05) is 58.4 Å². The molecule has 0 saturated heterocycles. The van der Waals surface area contributed by atoms with Crippen molar-refractivity contribution >= 4 is 52.3 Å². The first-order valence-corrected chi connectivity index (χ1v) is 8.15. The molecule has 0 aliphatic heterocycles. The van der Waals surface area contributed by atoms with E-state index in [0.717, 1.165) is 5.56 Å². The SMILES string of the molecule is O=C(C#Cc1cc(Cl)cc(Cl)c1)NCCc1ccc(Cl)c(Cl)c1. The smallest absolute Gasteiger partial charge is 0.296 e. The van der Waals surface area contributed by atoms with Crippen molar-refractivity contribution in [2.24, 2.45) is 0 Å². The largest absolute Gasteiger partial charge is 0.345 e. The zero-order valence-electron chi connectivity index (χ0n) is 11.8. The van der Waals surface area contributed by atoms with Crippen molar-refractivity contribution in [1.82, 2.24) is 5.32 Å². The number of hydrogen-bond donors (Lipinski definition) is 1. The number of hydrogen-bond acceptors (Lipinski definition) is 1. The van der Waals surface area contributed by atoms with Crippen LogP contribution >= 0.6 is 46.4 Å². The Morgan fingerprint density at radius 2 is 1.65 bits per heavy atom. The molecular formula is C17H11Cl4NO. The fourth-order valence-electron chi connectivity index (χ4n) is 1.81. The third-order valence-electron chi connectivity index (χ3n) is 2.87. The second kappa shape index (κ2) is 8.47. The Hall–Kier alpha value is -1.37. The number of carbonyl (C=O) groups is 1. The molecule has 0 spiro atoms. The van der Waals surface area contributed by atoms with E-state index < -0.39 is 0 Å². The lowest BCUT2D eigenvalue weighted by Gasteiger charge is -2.03. The van der Waals surface area contributed by atoms with E-state index in [2.05, 4.69) is 17.2 Å². The summed E-state index contributed by atoms with van der Waals surface area (Å²) in [6, 6.07) is 10.2. The highest BCUT2D eigenvalue weighted by Gasteiger charge is 2.01. The Balaban J connectivity index is 1.88. The second-order valence-electron chi connectivity index (χ2n) is 4.66. The van der Waals surface area contributed by atoms with Gasteiger partial charge in [-0.15, -0.1) is 0 Å². The Labute approximate surface area is 154 Å². The first-order valence-electron chi connectivity index (χ1n) is 6.64. The molecule has 0 aliphatic rings. The average molecular weight is 387 g/mol. The number of rotatable bonds is 3. The highest BCUT2D eigenvalue weighted by atomic mass is 35.5. The molecule has 0 unspecified atom stereocenters. The zero-order valence-corrected chi connectivity index (χ0v) is 14.8. The standard InChI is InChI=1S/C17H11Cl4NO/c18-13-7-12(8-14(19)10-13)2-4-17(23)22-6-5-11-1-3-15(20)16(21)9-11/h1,3,7-10H,5-6H2,(H,22,23). The molecule has 6 heteroatoms. The van der Waals surface area contributed by atoms with Gasteiger partial charge in [-0.25, -0.2) is 0 Å². The maximum Gasteiger partial charge on any atom is 0.296 e. The summed E-state index contributed by atoms with van der Waals surface area (Å²) in [6.45, 7) is 0.446. The predicted octanol–water partition coefficient (Wildman–Crippen LogP) is 5.01. The summed E-state index contributed by atoms with van der Waals surface area (Å²) < 4.78 is 0. The number of amides is 1. The molecule has 0 aromatic heterocycles. The van der Waals surface area contributed by atoms with Gasteiger partial charge in [-0.05, 0) is 42.3 Å². The molecule has 1 amide bonds.